The number of ether oxygens (including phenoxy) is 2. The topological polar surface area (TPSA) is 69.0 Å². The first-order valence-electron chi connectivity index (χ1n) is 18.5. The van der Waals surface area contributed by atoms with Crippen molar-refractivity contribution in [3.8, 4) is 17.6 Å². The molecule has 0 radical (unpaired) electrons. The molecule has 7 heteroatoms. The first kappa shape index (κ1) is 34.7. The molecule has 0 N–H and O–H groups in total. The number of anilines is 1. The Morgan fingerprint density at radius 2 is 1.61 bits per heavy atom. The molecule has 3 aromatic carbocycles. The fourth-order valence-electron chi connectivity index (χ4n) is 8.86. The Labute approximate surface area is 293 Å². The number of hydrogen-bond donors (Lipinski definition) is 0. The van der Waals surface area contributed by atoms with Crippen molar-refractivity contribution in [3.05, 3.63) is 89.5 Å². The lowest BCUT2D eigenvalue weighted by Crippen LogP contribution is -2.54. The van der Waals surface area contributed by atoms with Crippen LogP contribution in [0.15, 0.2) is 72.8 Å². The van der Waals surface area contributed by atoms with Crippen molar-refractivity contribution in [2.45, 2.75) is 95.6 Å². The van der Waals surface area contributed by atoms with E-state index in [4.69, 9.17) is 9.47 Å². The standard InChI is InChI=1S/C42H54N4O3/c1-6-40(4,35-21-15-23-37(48-7-2)38(35)49-8-3)46-31-41(45(39(46)47)30-32-16-14-17-32)24-26-42(27-25-41,33-18-10-9-11-19-33)34-20-12-13-22-36(34)44(5)29-28-43/h9-13,15,18-23,32H,6-8,14,16-17,24-27,29-31H2,1-5H3. The molecule has 0 aromatic heterocycles. The lowest BCUT2D eigenvalue weighted by atomic mass is 9.60. The molecule has 49 heavy (non-hydrogen) atoms. The van der Waals surface area contributed by atoms with Gasteiger partial charge in [0.1, 0.15) is 6.54 Å². The van der Waals surface area contributed by atoms with E-state index < -0.39 is 5.54 Å². The van der Waals surface area contributed by atoms with Crippen LogP contribution in [0, 0.1) is 17.2 Å². The number of rotatable bonds is 13. The van der Waals surface area contributed by atoms with E-state index in [9.17, 15) is 10.1 Å². The number of urea groups is 1. The van der Waals surface area contributed by atoms with Crippen molar-refractivity contribution in [3.63, 3.8) is 0 Å². The van der Waals surface area contributed by atoms with E-state index in [1.807, 2.05) is 33.0 Å². The van der Waals surface area contributed by atoms with Crippen LogP contribution in [-0.4, -0.2) is 61.3 Å². The van der Waals surface area contributed by atoms with Gasteiger partial charge in [0.25, 0.3) is 0 Å². The molecule has 1 unspecified atom stereocenters. The zero-order chi connectivity index (χ0) is 34.6. The largest absolute Gasteiger partial charge is 0.490 e. The van der Waals surface area contributed by atoms with Crippen LogP contribution in [0.25, 0.3) is 0 Å². The van der Waals surface area contributed by atoms with E-state index >= 15 is 0 Å². The highest BCUT2D eigenvalue weighted by Crippen LogP contribution is 2.55. The molecule has 7 nitrogen and oxygen atoms in total. The second-order valence-electron chi connectivity index (χ2n) is 14.6. The second kappa shape index (κ2) is 14.4. The summed E-state index contributed by atoms with van der Waals surface area (Å²) in [7, 11) is 2.02. The van der Waals surface area contributed by atoms with Gasteiger partial charge >= 0.3 is 6.03 Å². The number of carbonyl (C=O) groups is 1. The fraction of sp³-hybridized carbons (Fsp3) is 0.524. The minimum Gasteiger partial charge on any atom is -0.490 e. The Kier molecular flexibility index (Phi) is 10.2. The van der Waals surface area contributed by atoms with E-state index in [0.29, 0.717) is 32.2 Å². The summed E-state index contributed by atoms with van der Waals surface area (Å²) in [4.78, 5) is 21.5. The van der Waals surface area contributed by atoms with E-state index in [-0.39, 0.29) is 17.0 Å². The number of benzene rings is 3. The summed E-state index contributed by atoms with van der Waals surface area (Å²) in [6.07, 6.45) is 8.06. The number of carbonyl (C=O) groups excluding carboxylic acids is 1. The van der Waals surface area contributed by atoms with Gasteiger partial charge in [0.2, 0.25) is 0 Å². The molecule has 6 rings (SSSR count). The zero-order valence-corrected chi connectivity index (χ0v) is 30.2. The Hall–Kier alpha value is -4.18. The highest BCUT2D eigenvalue weighted by Gasteiger charge is 2.58. The molecule has 3 aromatic rings. The van der Waals surface area contributed by atoms with Crippen LogP contribution in [0.2, 0.25) is 0 Å². The van der Waals surface area contributed by atoms with Crippen LogP contribution in [0.3, 0.4) is 0 Å². The molecule has 1 spiro atoms. The molecular formula is C42H54N4O3. The first-order valence-corrected chi connectivity index (χ1v) is 18.5. The summed E-state index contributed by atoms with van der Waals surface area (Å²) in [5, 5.41) is 9.60. The highest BCUT2D eigenvalue weighted by molar-refractivity contribution is 5.80. The van der Waals surface area contributed by atoms with Gasteiger partial charge in [-0.1, -0.05) is 74.0 Å². The maximum Gasteiger partial charge on any atom is 0.321 e. The van der Waals surface area contributed by atoms with Crippen molar-refractivity contribution in [1.29, 1.82) is 5.26 Å². The Bertz CT molecular complexity index is 1640. The molecule has 0 bridgehead atoms. The quantitative estimate of drug-likeness (QED) is 0.171. The van der Waals surface area contributed by atoms with Crippen molar-refractivity contribution in [2.24, 2.45) is 5.92 Å². The Morgan fingerprint density at radius 1 is 0.918 bits per heavy atom. The zero-order valence-electron chi connectivity index (χ0n) is 30.2. The summed E-state index contributed by atoms with van der Waals surface area (Å²) >= 11 is 0. The third-order valence-corrected chi connectivity index (χ3v) is 12.1. The van der Waals surface area contributed by atoms with Crippen LogP contribution in [0.4, 0.5) is 10.5 Å². The number of nitrogens with zero attached hydrogens (tertiary/aromatic N) is 4. The maximum absolute atomic E-state index is 15.0. The van der Waals surface area contributed by atoms with Gasteiger partial charge in [-0.3, -0.25) is 0 Å². The third-order valence-electron chi connectivity index (χ3n) is 12.1. The number of para-hydroxylation sites is 2. The third kappa shape index (κ3) is 6.13. The minimum absolute atomic E-state index is 0.155. The van der Waals surface area contributed by atoms with E-state index in [1.54, 1.807) is 0 Å². The van der Waals surface area contributed by atoms with Gasteiger partial charge in [-0.05, 0) is 94.9 Å². The van der Waals surface area contributed by atoms with Gasteiger partial charge in [0.05, 0.1) is 30.4 Å². The SMILES string of the molecule is CCOc1cccc(C(C)(CC)N2CC3(CCC(c4ccccc4)(c4ccccc4N(C)CC#N)CC3)N(CC3CCC3)C2=O)c1OCC. The monoisotopic (exact) mass is 662 g/mol. The molecule has 3 aliphatic rings. The van der Waals surface area contributed by atoms with E-state index in [0.717, 1.165) is 61.4 Å². The summed E-state index contributed by atoms with van der Waals surface area (Å²) in [5.74, 6) is 2.05. The lowest BCUT2D eigenvalue weighted by molar-refractivity contribution is 0.0714. The number of amides is 2. The summed E-state index contributed by atoms with van der Waals surface area (Å²) in [6, 6.07) is 28.2. The summed E-state index contributed by atoms with van der Waals surface area (Å²) < 4.78 is 12.3. The van der Waals surface area contributed by atoms with Crippen LogP contribution >= 0.6 is 0 Å². The van der Waals surface area contributed by atoms with Gasteiger partial charge in [-0.2, -0.15) is 5.26 Å². The lowest BCUT2D eigenvalue weighted by Gasteiger charge is -2.50. The molecule has 2 amide bonds. The van der Waals surface area contributed by atoms with Crippen LogP contribution in [0.1, 0.15) is 95.8 Å². The molecule has 2 aliphatic carbocycles. The minimum atomic E-state index is -0.573. The van der Waals surface area contributed by atoms with Crippen molar-refractivity contribution < 1.29 is 14.3 Å². The van der Waals surface area contributed by atoms with Crippen molar-refractivity contribution in [1.82, 2.24) is 9.80 Å². The van der Waals surface area contributed by atoms with Crippen LogP contribution in [0.5, 0.6) is 11.5 Å². The van der Waals surface area contributed by atoms with Gasteiger partial charge in [-0.25, -0.2) is 4.79 Å². The molecule has 2 saturated carbocycles. The molecule has 260 valence electrons. The fourth-order valence-corrected chi connectivity index (χ4v) is 8.86. The predicted molar refractivity (Wildman–Crippen MR) is 196 cm³/mol. The first-order chi connectivity index (χ1) is 23.8. The van der Waals surface area contributed by atoms with Gasteiger partial charge in [0.15, 0.2) is 11.5 Å². The Morgan fingerprint density at radius 3 is 2.24 bits per heavy atom. The number of nitriles is 1. The van der Waals surface area contributed by atoms with Crippen molar-refractivity contribution in [2.75, 3.05) is 44.8 Å². The van der Waals surface area contributed by atoms with Crippen LogP contribution < -0.4 is 14.4 Å². The summed E-state index contributed by atoms with van der Waals surface area (Å²) in [6.45, 7) is 11.3. The molecular weight excluding hydrogens is 608 g/mol. The second-order valence-corrected chi connectivity index (χ2v) is 14.6. The molecule has 3 fully saturated rings. The predicted octanol–water partition coefficient (Wildman–Crippen LogP) is 8.91. The average Bonchev–Trinajstić information content (AvgIpc) is 3.38. The van der Waals surface area contributed by atoms with Gasteiger partial charge in [-0.15, -0.1) is 0 Å². The molecule has 1 aliphatic heterocycles. The van der Waals surface area contributed by atoms with Crippen LogP contribution in [-0.2, 0) is 11.0 Å². The highest BCUT2D eigenvalue weighted by atomic mass is 16.5. The molecule has 1 heterocycles. The average molecular weight is 663 g/mol. The van der Waals surface area contributed by atoms with Gasteiger partial charge < -0.3 is 24.2 Å². The Balaban J connectivity index is 1.41. The number of hydrogen-bond acceptors (Lipinski definition) is 5. The van der Waals surface area contributed by atoms with Gasteiger partial charge in [0, 0.05) is 36.8 Å². The smallest absolute Gasteiger partial charge is 0.321 e. The molecule has 1 atom stereocenters. The molecule has 1 saturated heterocycles. The van der Waals surface area contributed by atoms with E-state index in [2.05, 4.69) is 95.3 Å². The van der Waals surface area contributed by atoms with E-state index in [1.165, 1.54) is 30.4 Å². The van der Waals surface area contributed by atoms with Crippen molar-refractivity contribution >= 4 is 11.7 Å². The maximum atomic E-state index is 15.0. The summed E-state index contributed by atoms with van der Waals surface area (Å²) in [5.41, 5.74) is 3.63. The normalized spacial score (nSPS) is 23.6.